The Morgan fingerprint density at radius 2 is 1.55 bits per heavy atom. The lowest BCUT2D eigenvalue weighted by atomic mass is 9.96. The van der Waals surface area contributed by atoms with E-state index in [4.69, 9.17) is 9.47 Å². The van der Waals surface area contributed by atoms with Crippen molar-refractivity contribution in [2.75, 3.05) is 41.3 Å². The molecule has 0 fully saturated rings. The van der Waals surface area contributed by atoms with E-state index in [0.717, 1.165) is 35.3 Å². The van der Waals surface area contributed by atoms with E-state index in [9.17, 15) is 4.79 Å². The maximum atomic E-state index is 13.6. The number of carbonyl (C=O) groups is 1. The molecule has 3 aromatic carbocycles. The number of likely N-dealkylation sites (N-methyl/N-ethyl adjacent to an activating group) is 1. The van der Waals surface area contributed by atoms with Crippen molar-refractivity contribution in [3.8, 4) is 16.9 Å². The van der Waals surface area contributed by atoms with Crippen LogP contribution >= 0.6 is 0 Å². The second-order valence-corrected chi connectivity index (χ2v) is 11.1. The molecule has 202 valence electrons. The minimum atomic E-state index is -0.244. The van der Waals surface area contributed by atoms with Crippen molar-refractivity contribution in [3.63, 3.8) is 0 Å². The molecule has 0 aliphatic heterocycles. The number of allylic oxidation sites excluding steroid dienone is 1. The van der Waals surface area contributed by atoms with Crippen LogP contribution in [-0.2, 0) is 17.9 Å². The summed E-state index contributed by atoms with van der Waals surface area (Å²) in [6, 6.07) is 22.2. The molecular formula is C33H42N2O3. The molecule has 0 bridgehead atoms. The molecule has 5 nitrogen and oxygen atoms in total. The van der Waals surface area contributed by atoms with Crippen molar-refractivity contribution in [1.29, 1.82) is 0 Å². The van der Waals surface area contributed by atoms with Crippen LogP contribution in [0, 0.1) is 0 Å². The molecule has 5 heteroatoms. The summed E-state index contributed by atoms with van der Waals surface area (Å²) in [4.78, 5) is 17.8. The van der Waals surface area contributed by atoms with E-state index < -0.39 is 0 Å². The van der Waals surface area contributed by atoms with E-state index in [1.54, 1.807) is 6.08 Å². The zero-order chi connectivity index (χ0) is 27.7. The number of carbonyl (C=O) groups excluding carboxylic acids is 1. The van der Waals surface area contributed by atoms with E-state index in [2.05, 4.69) is 48.8 Å². The Balaban J connectivity index is 1.97. The highest BCUT2D eigenvalue weighted by Crippen LogP contribution is 2.31. The minimum Gasteiger partial charge on any atom is -0.491 e. The highest BCUT2D eigenvalue weighted by atomic mass is 16.5. The summed E-state index contributed by atoms with van der Waals surface area (Å²) < 4.78 is 12.2. The number of ether oxygens (including phenoxy) is 2. The average molecular weight is 515 g/mol. The highest BCUT2D eigenvalue weighted by Gasteiger charge is 2.16. The zero-order valence-corrected chi connectivity index (χ0v) is 24.0. The molecule has 3 aromatic rings. The summed E-state index contributed by atoms with van der Waals surface area (Å²) in [5.41, 5.74) is 5.60. The second-order valence-electron chi connectivity index (χ2n) is 11.1. The molecule has 0 radical (unpaired) electrons. The molecule has 0 saturated heterocycles. The smallest absolute Gasteiger partial charge is 0.189 e. The molecule has 0 unspecified atom stereocenters. The number of rotatable bonds is 12. The van der Waals surface area contributed by atoms with Crippen LogP contribution < -0.4 is 4.74 Å². The van der Waals surface area contributed by atoms with Crippen molar-refractivity contribution >= 4 is 11.9 Å². The van der Waals surface area contributed by atoms with Crippen LogP contribution in [0.4, 0.5) is 0 Å². The first-order valence-electron chi connectivity index (χ1n) is 13.1. The number of nitrogens with zero attached hydrogens (tertiary/aromatic N) is 2. The van der Waals surface area contributed by atoms with Crippen molar-refractivity contribution < 1.29 is 14.3 Å². The van der Waals surface area contributed by atoms with Gasteiger partial charge in [0.05, 0.1) is 17.8 Å². The van der Waals surface area contributed by atoms with E-state index in [1.807, 2.05) is 82.8 Å². The van der Waals surface area contributed by atoms with Crippen molar-refractivity contribution in [1.82, 2.24) is 9.80 Å². The molecule has 0 amide bonds. The number of benzene rings is 3. The summed E-state index contributed by atoms with van der Waals surface area (Å²) >= 11 is 0. The van der Waals surface area contributed by atoms with Gasteiger partial charge in [-0.3, -0.25) is 4.79 Å². The highest BCUT2D eigenvalue weighted by molar-refractivity contribution is 6.09. The van der Waals surface area contributed by atoms with Crippen LogP contribution in [0.5, 0.6) is 5.75 Å². The van der Waals surface area contributed by atoms with Crippen LogP contribution in [0.2, 0.25) is 0 Å². The van der Waals surface area contributed by atoms with Gasteiger partial charge in [0, 0.05) is 13.1 Å². The van der Waals surface area contributed by atoms with Crippen molar-refractivity contribution in [3.05, 3.63) is 95.1 Å². The van der Waals surface area contributed by atoms with Gasteiger partial charge in [-0.05, 0) is 95.0 Å². The standard InChI is InChI=1S/C33H42N2O3/c1-33(2,3)38-24-28-14-10-11-15-29(28)26-17-19-32(37-21-20-34(4)5)30(22-26)31(36)18-16-25-12-8-9-13-27(25)23-35(6)7/h8-19,22H,20-21,23-24H2,1-7H3. The largest absolute Gasteiger partial charge is 0.491 e. The van der Waals surface area contributed by atoms with Crippen LogP contribution in [0.1, 0.15) is 47.8 Å². The normalized spacial score (nSPS) is 12.0. The molecule has 0 aromatic heterocycles. The first-order chi connectivity index (χ1) is 18.0. The first kappa shape index (κ1) is 29.3. The lowest BCUT2D eigenvalue weighted by Crippen LogP contribution is -2.20. The Bertz CT molecular complexity index is 1240. The summed E-state index contributed by atoms with van der Waals surface area (Å²) in [5.74, 6) is 0.505. The third-order valence-corrected chi connectivity index (χ3v) is 5.99. The van der Waals surface area contributed by atoms with Gasteiger partial charge in [0.15, 0.2) is 5.78 Å². The fourth-order valence-corrected chi connectivity index (χ4v) is 4.01. The van der Waals surface area contributed by atoms with E-state index in [1.165, 1.54) is 5.56 Å². The van der Waals surface area contributed by atoms with Gasteiger partial charge in [0.2, 0.25) is 0 Å². The molecule has 0 aliphatic carbocycles. The van der Waals surface area contributed by atoms with Gasteiger partial charge in [0.1, 0.15) is 12.4 Å². The minimum absolute atomic E-state index is 0.0882. The van der Waals surface area contributed by atoms with Crippen LogP contribution in [-0.4, -0.2) is 62.5 Å². The molecule has 0 atom stereocenters. The third kappa shape index (κ3) is 8.95. The maximum absolute atomic E-state index is 13.6. The fourth-order valence-electron chi connectivity index (χ4n) is 4.01. The monoisotopic (exact) mass is 514 g/mol. The molecule has 0 saturated carbocycles. The van der Waals surface area contributed by atoms with Gasteiger partial charge in [-0.25, -0.2) is 0 Å². The van der Waals surface area contributed by atoms with Gasteiger partial charge in [-0.2, -0.15) is 0 Å². The Hall–Kier alpha value is -3.25. The predicted molar refractivity (Wildman–Crippen MR) is 158 cm³/mol. The molecule has 38 heavy (non-hydrogen) atoms. The SMILES string of the molecule is CN(C)CCOc1ccc(-c2ccccc2COC(C)(C)C)cc1C(=O)C=Cc1ccccc1CN(C)C. The van der Waals surface area contributed by atoms with E-state index >= 15 is 0 Å². The summed E-state index contributed by atoms with van der Waals surface area (Å²) in [6.07, 6.45) is 3.56. The van der Waals surface area contributed by atoms with E-state index in [-0.39, 0.29) is 11.4 Å². The average Bonchev–Trinajstić information content (AvgIpc) is 2.86. The quantitative estimate of drug-likeness (QED) is 0.202. The fraction of sp³-hybridized carbons (Fsp3) is 0.364. The Labute approximate surface area is 228 Å². The first-order valence-corrected chi connectivity index (χ1v) is 13.1. The maximum Gasteiger partial charge on any atom is 0.189 e. The summed E-state index contributed by atoms with van der Waals surface area (Å²) in [5, 5.41) is 0. The number of hydrogen-bond acceptors (Lipinski definition) is 5. The van der Waals surface area contributed by atoms with Crippen LogP contribution in [0.3, 0.4) is 0 Å². The Morgan fingerprint density at radius 1 is 0.868 bits per heavy atom. The molecule has 0 N–H and O–H groups in total. The molecular weight excluding hydrogens is 472 g/mol. The van der Waals surface area contributed by atoms with Crippen molar-refractivity contribution in [2.45, 2.75) is 39.5 Å². The Morgan fingerprint density at radius 3 is 2.24 bits per heavy atom. The number of ketones is 1. The lowest BCUT2D eigenvalue weighted by Gasteiger charge is -2.21. The van der Waals surface area contributed by atoms with Gasteiger partial charge >= 0.3 is 0 Å². The third-order valence-electron chi connectivity index (χ3n) is 5.99. The van der Waals surface area contributed by atoms with Crippen molar-refractivity contribution in [2.24, 2.45) is 0 Å². The Kier molecular flexibility index (Phi) is 10.4. The second kappa shape index (κ2) is 13.5. The van der Waals surface area contributed by atoms with Crippen LogP contribution in [0.15, 0.2) is 72.8 Å². The van der Waals surface area contributed by atoms with Gasteiger partial charge in [-0.15, -0.1) is 0 Å². The van der Waals surface area contributed by atoms with Gasteiger partial charge in [0.25, 0.3) is 0 Å². The summed E-state index contributed by atoms with van der Waals surface area (Å²) in [6.45, 7) is 8.71. The van der Waals surface area contributed by atoms with Gasteiger partial charge < -0.3 is 19.3 Å². The van der Waals surface area contributed by atoms with E-state index in [0.29, 0.717) is 24.5 Å². The topological polar surface area (TPSA) is 42.0 Å². The zero-order valence-electron chi connectivity index (χ0n) is 24.0. The molecule has 0 aliphatic rings. The molecule has 0 spiro atoms. The molecule has 0 heterocycles. The summed E-state index contributed by atoms with van der Waals surface area (Å²) in [7, 11) is 8.09. The number of hydrogen-bond donors (Lipinski definition) is 0. The molecule has 3 rings (SSSR count). The van der Waals surface area contributed by atoms with Crippen LogP contribution in [0.25, 0.3) is 17.2 Å². The lowest BCUT2D eigenvalue weighted by molar-refractivity contribution is -0.0147. The van der Waals surface area contributed by atoms with Gasteiger partial charge in [-0.1, -0.05) is 60.7 Å². The predicted octanol–water partition coefficient (Wildman–Crippen LogP) is 6.57.